The Morgan fingerprint density at radius 3 is 2.93 bits per heavy atom. The first-order valence-electron chi connectivity index (χ1n) is 4.21. The normalized spacial score (nSPS) is 11.1. The van der Waals surface area contributed by atoms with Crippen LogP contribution < -0.4 is 5.73 Å². The highest BCUT2D eigenvalue weighted by atomic mass is 15.5. The van der Waals surface area contributed by atoms with Crippen molar-refractivity contribution < 1.29 is 0 Å². The van der Waals surface area contributed by atoms with Crippen molar-refractivity contribution >= 4 is 22.2 Å². The van der Waals surface area contributed by atoms with E-state index in [-0.39, 0.29) is 0 Å². The lowest BCUT2D eigenvalue weighted by Gasteiger charge is -2.00. The molecule has 2 aromatic heterocycles. The second-order valence-corrected chi connectivity index (χ2v) is 3.10. The van der Waals surface area contributed by atoms with E-state index in [0.29, 0.717) is 5.69 Å². The van der Waals surface area contributed by atoms with Crippen molar-refractivity contribution in [3.8, 4) is 0 Å². The fourth-order valence-electron chi connectivity index (χ4n) is 1.52. The zero-order valence-electron chi connectivity index (χ0n) is 7.25. The standard InChI is InChI=1S/C9H7N5/c10-7-3-1-6-2-4-9-11-12-13-14(9)8(6)5-7/h1-5H,10H2. The summed E-state index contributed by atoms with van der Waals surface area (Å²) in [6, 6.07) is 9.52. The molecule has 68 valence electrons. The third-order valence-corrected chi connectivity index (χ3v) is 2.19. The van der Waals surface area contributed by atoms with E-state index >= 15 is 0 Å². The summed E-state index contributed by atoms with van der Waals surface area (Å²) in [5, 5.41) is 12.4. The van der Waals surface area contributed by atoms with Gasteiger partial charge in [0.2, 0.25) is 0 Å². The molecule has 0 atom stereocenters. The Labute approximate surface area is 79.1 Å². The van der Waals surface area contributed by atoms with E-state index in [1.807, 2.05) is 30.3 Å². The quantitative estimate of drug-likeness (QED) is 0.527. The number of aromatic nitrogens is 4. The summed E-state index contributed by atoms with van der Waals surface area (Å²) in [5.74, 6) is 0. The molecule has 1 aromatic carbocycles. The summed E-state index contributed by atoms with van der Waals surface area (Å²) in [7, 11) is 0. The maximum absolute atomic E-state index is 5.70. The molecule has 0 unspecified atom stereocenters. The SMILES string of the molecule is Nc1ccc2ccc3nnnn3c2c1. The van der Waals surface area contributed by atoms with Crippen LogP contribution in [0.4, 0.5) is 5.69 Å². The summed E-state index contributed by atoms with van der Waals surface area (Å²) >= 11 is 0. The zero-order valence-corrected chi connectivity index (χ0v) is 7.25. The van der Waals surface area contributed by atoms with Crippen LogP contribution in [-0.4, -0.2) is 20.0 Å². The third kappa shape index (κ3) is 0.861. The van der Waals surface area contributed by atoms with Gasteiger partial charge in [0.15, 0.2) is 5.65 Å². The first kappa shape index (κ1) is 7.25. The van der Waals surface area contributed by atoms with Crippen LogP contribution in [0.15, 0.2) is 30.3 Å². The van der Waals surface area contributed by atoms with Crippen molar-refractivity contribution in [1.29, 1.82) is 0 Å². The highest BCUT2D eigenvalue weighted by Crippen LogP contribution is 2.17. The molecule has 0 radical (unpaired) electrons. The average molecular weight is 185 g/mol. The van der Waals surface area contributed by atoms with Gasteiger partial charge in [0, 0.05) is 11.1 Å². The van der Waals surface area contributed by atoms with Gasteiger partial charge in [-0.05, 0) is 34.7 Å². The molecule has 2 heterocycles. The van der Waals surface area contributed by atoms with Gasteiger partial charge in [-0.25, -0.2) is 0 Å². The van der Waals surface area contributed by atoms with E-state index in [1.54, 1.807) is 4.52 Å². The van der Waals surface area contributed by atoms with Gasteiger partial charge in [0.1, 0.15) is 0 Å². The molecule has 2 N–H and O–H groups in total. The van der Waals surface area contributed by atoms with Crippen molar-refractivity contribution in [2.24, 2.45) is 0 Å². The van der Waals surface area contributed by atoms with Gasteiger partial charge in [0.05, 0.1) is 5.52 Å². The van der Waals surface area contributed by atoms with Crippen LogP contribution in [0.5, 0.6) is 0 Å². The van der Waals surface area contributed by atoms with Crippen LogP contribution in [0.1, 0.15) is 0 Å². The highest BCUT2D eigenvalue weighted by molar-refractivity contribution is 5.84. The summed E-state index contributed by atoms with van der Waals surface area (Å²) in [6.07, 6.45) is 0. The Balaban J connectivity index is 2.60. The second-order valence-electron chi connectivity index (χ2n) is 3.10. The molecule has 3 aromatic rings. The number of hydrogen-bond donors (Lipinski definition) is 1. The number of tetrazole rings is 1. The maximum atomic E-state index is 5.70. The number of fused-ring (bicyclic) bond motifs is 3. The molecule has 3 rings (SSSR count). The number of hydrogen-bond acceptors (Lipinski definition) is 4. The minimum atomic E-state index is 0.709. The van der Waals surface area contributed by atoms with Crippen molar-refractivity contribution in [3.63, 3.8) is 0 Å². The first-order valence-corrected chi connectivity index (χ1v) is 4.21. The van der Waals surface area contributed by atoms with Crippen LogP contribution in [0, 0.1) is 0 Å². The minimum absolute atomic E-state index is 0.709. The molecule has 0 aliphatic heterocycles. The minimum Gasteiger partial charge on any atom is -0.399 e. The van der Waals surface area contributed by atoms with Gasteiger partial charge in [-0.3, -0.25) is 0 Å². The van der Waals surface area contributed by atoms with E-state index < -0.39 is 0 Å². The van der Waals surface area contributed by atoms with Gasteiger partial charge in [-0.15, -0.1) is 5.10 Å². The summed E-state index contributed by atoms with van der Waals surface area (Å²) in [5.41, 5.74) is 8.06. The molecule has 0 aliphatic rings. The van der Waals surface area contributed by atoms with Crippen LogP contribution in [0.25, 0.3) is 16.6 Å². The number of anilines is 1. The fraction of sp³-hybridized carbons (Fsp3) is 0. The molecule has 0 spiro atoms. The highest BCUT2D eigenvalue weighted by Gasteiger charge is 2.02. The van der Waals surface area contributed by atoms with E-state index in [4.69, 9.17) is 5.73 Å². The average Bonchev–Trinajstić information content (AvgIpc) is 2.65. The van der Waals surface area contributed by atoms with Crippen LogP contribution >= 0.6 is 0 Å². The van der Waals surface area contributed by atoms with E-state index in [2.05, 4.69) is 15.5 Å². The number of pyridine rings is 1. The Morgan fingerprint density at radius 1 is 1.14 bits per heavy atom. The van der Waals surface area contributed by atoms with Gasteiger partial charge >= 0.3 is 0 Å². The summed E-state index contributed by atoms with van der Waals surface area (Å²) in [6.45, 7) is 0. The molecule has 5 nitrogen and oxygen atoms in total. The predicted molar refractivity (Wildman–Crippen MR) is 52.7 cm³/mol. The zero-order chi connectivity index (χ0) is 9.54. The number of nitrogens with zero attached hydrogens (tertiary/aromatic N) is 4. The van der Waals surface area contributed by atoms with Gasteiger partial charge in [-0.2, -0.15) is 4.52 Å². The molecular weight excluding hydrogens is 178 g/mol. The van der Waals surface area contributed by atoms with Crippen LogP contribution in [0.2, 0.25) is 0 Å². The van der Waals surface area contributed by atoms with Crippen molar-refractivity contribution in [1.82, 2.24) is 20.0 Å². The maximum Gasteiger partial charge on any atom is 0.179 e. The number of benzene rings is 1. The molecule has 0 bridgehead atoms. The molecule has 0 aliphatic carbocycles. The monoisotopic (exact) mass is 185 g/mol. The van der Waals surface area contributed by atoms with Crippen molar-refractivity contribution in [3.05, 3.63) is 30.3 Å². The number of rotatable bonds is 0. The molecule has 0 saturated carbocycles. The largest absolute Gasteiger partial charge is 0.399 e. The van der Waals surface area contributed by atoms with Gasteiger partial charge in [-0.1, -0.05) is 6.07 Å². The third-order valence-electron chi connectivity index (χ3n) is 2.19. The lowest BCUT2D eigenvalue weighted by atomic mass is 10.2. The second kappa shape index (κ2) is 2.41. The smallest absolute Gasteiger partial charge is 0.179 e. The number of nitrogens with two attached hydrogens (primary N) is 1. The molecule has 5 heteroatoms. The molecule has 0 amide bonds. The summed E-state index contributed by atoms with van der Waals surface area (Å²) in [4.78, 5) is 0. The first-order chi connectivity index (χ1) is 6.84. The van der Waals surface area contributed by atoms with Crippen LogP contribution in [-0.2, 0) is 0 Å². The van der Waals surface area contributed by atoms with Gasteiger partial charge in [0.25, 0.3) is 0 Å². The van der Waals surface area contributed by atoms with E-state index in [1.165, 1.54) is 0 Å². The van der Waals surface area contributed by atoms with E-state index in [9.17, 15) is 0 Å². The molecule has 0 saturated heterocycles. The van der Waals surface area contributed by atoms with Crippen molar-refractivity contribution in [2.45, 2.75) is 0 Å². The molecular formula is C9H7N5. The molecule has 14 heavy (non-hydrogen) atoms. The van der Waals surface area contributed by atoms with Crippen LogP contribution in [0.3, 0.4) is 0 Å². The Morgan fingerprint density at radius 2 is 2.00 bits per heavy atom. The Bertz CT molecular complexity index is 613. The lowest BCUT2D eigenvalue weighted by molar-refractivity contribution is 0.842. The van der Waals surface area contributed by atoms with Crippen molar-refractivity contribution in [2.75, 3.05) is 5.73 Å². The topological polar surface area (TPSA) is 69.1 Å². The fourth-order valence-corrected chi connectivity index (χ4v) is 1.52. The Kier molecular flexibility index (Phi) is 1.25. The Hall–Kier alpha value is -2.17. The lowest BCUT2D eigenvalue weighted by Crippen LogP contribution is -1.92. The predicted octanol–water partition coefficient (Wildman–Crippen LogP) is 0.860. The van der Waals surface area contributed by atoms with Gasteiger partial charge < -0.3 is 5.73 Å². The number of nitrogen functional groups attached to an aromatic ring is 1. The molecule has 0 fully saturated rings. The summed E-state index contributed by atoms with van der Waals surface area (Å²) < 4.78 is 1.67. The van der Waals surface area contributed by atoms with E-state index in [0.717, 1.165) is 16.6 Å².